The summed E-state index contributed by atoms with van der Waals surface area (Å²) in [4.78, 5) is 12.2. The third-order valence-corrected chi connectivity index (χ3v) is 3.70. The number of carbonyl (C=O) groups excluding carboxylic acids is 1. The zero-order valence-corrected chi connectivity index (χ0v) is 10.8. The van der Waals surface area contributed by atoms with E-state index < -0.39 is 0 Å². The Bertz CT molecular complexity index is 286. The molecule has 1 heteroatoms. The van der Waals surface area contributed by atoms with Crippen molar-refractivity contribution in [1.29, 1.82) is 0 Å². The molecular weight excluding hydrogens is 184 g/mol. The van der Waals surface area contributed by atoms with Crippen molar-refractivity contribution in [2.24, 2.45) is 11.3 Å². The van der Waals surface area contributed by atoms with Gasteiger partial charge < -0.3 is 0 Å². The minimum atomic E-state index is -0.0755. The number of rotatable bonds is 3. The average molecular weight is 208 g/mol. The summed E-state index contributed by atoms with van der Waals surface area (Å²) < 4.78 is 0. The van der Waals surface area contributed by atoms with Crippen LogP contribution in [0.2, 0.25) is 0 Å². The normalized spacial score (nSPS) is 27.3. The van der Waals surface area contributed by atoms with Crippen LogP contribution in [0, 0.1) is 11.3 Å². The first kappa shape index (κ1) is 12.5. The molecule has 0 aromatic carbocycles. The highest BCUT2D eigenvalue weighted by Gasteiger charge is 2.35. The Morgan fingerprint density at radius 1 is 1.33 bits per heavy atom. The highest BCUT2D eigenvalue weighted by atomic mass is 16.1. The Labute approximate surface area is 93.9 Å². The molecule has 0 aliphatic heterocycles. The van der Waals surface area contributed by atoms with E-state index >= 15 is 0 Å². The lowest BCUT2D eigenvalue weighted by Gasteiger charge is -2.34. The van der Waals surface area contributed by atoms with Gasteiger partial charge >= 0.3 is 0 Å². The zero-order valence-electron chi connectivity index (χ0n) is 10.8. The molecule has 1 aliphatic carbocycles. The van der Waals surface area contributed by atoms with Crippen molar-refractivity contribution in [2.75, 3.05) is 0 Å². The molecule has 0 N–H and O–H groups in total. The molecule has 0 saturated heterocycles. The van der Waals surface area contributed by atoms with Gasteiger partial charge in [-0.25, -0.2) is 0 Å². The Morgan fingerprint density at radius 3 is 2.40 bits per heavy atom. The van der Waals surface area contributed by atoms with Gasteiger partial charge in [0.05, 0.1) is 0 Å². The first-order valence-corrected chi connectivity index (χ1v) is 6.03. The SMILES string of the molecule is CC1=C(C)CC(C)(C(=O)CC(C)C)CC1. The van der Waals surface area contributed by atoms with Crippen LogP contribution in [0.25, 0.3) is 0 Å². The van der Waals surface area contributed by atoms with Crippen LogP contribution in [-0.2, 0) is 4.79 Å². The van der Waals surface area contributed by atoms with Crippen LogP contribution in [-0.4, -0.2) is 5.78 Å². The summed E-state index contributed by atoms with van der Waals surface area (Å²) in [6.45, 7) is 10.8. The van der Waals surface area contributed by atoms with Crippen molar-refractivity contribution in [3.8, 4) is 0 Å². The second-order valence-electron chi connectivity index (χ2n) is 5.82. The highest BCUT2D eigenvalue weighted by molar-refractivity contribution is 5.85. The van der Waals surface area contributed by atoms with Gasteiger partial charge in [0.1, 0.15) is 5.78 Å². The number of hydrogen-bond acceptors (Lipinski definition) is 1. The van der Waals surface area contributed by atoms with Gasteiger partial charge in [0.15, 0.2) is 0 Å². The van der Waals surface area contributed by atoms with Crippen molar-refractivity contribution in [3.05, 3.63) is 11.1 Å². The molecule has 0 amide bonds. The predicted octanol–water partition coefficient (Wildman–Crippen LogP) is 4.13. The van der Waals surface area contributed by atoms with Crippen LogP contribution in [0.4, 0.5) is 0 Å². The van der Waals surface area contributed by atoms with Crippen LogP contribution < -0.4 is 0 Å². The Morgan fingerprint density at radius 2 is 1.93 bits per heavy atom. The number of ketones is 1. The number of allylic oxidation sites excluding steroid dienone is 2. The molecule has 1 atom stereocenters. The Kier molecular flexibility index (Phi) is 3.75. The van der Waals surface area contributed by atoms with Crippen LogP contribution in [0.15, 0.2) is 11.1 Å². The van der Waals surface area contributed by atoms with E-state index in [1.54, 1.807) is 0 Å². The van der Waals surface area contributed by atoms with Gasteiger partial charge in [-0.3, -0.25) is 4.79 Å². The molecule has 0 saturated carbocycles. The van der Waals surface area contributed by atoms with Crippen LogP contribution in [0.3, 0.4) is 0 Å². The number of Topliss-reactive ketones (excluding diaryl/α,β-unsaturated/α-hetero) is 1. The second-order valence-corrected chi connectivity index (χ2v) is 5.82. The van der Waals surface area contributed by atoms with Gasteiger partial charge in [0, 0.05) is 11.8 Å². The number of hydrogen-bond donors (Lipinski definition) is 0. The molecule has 1 aliphatic rings. The van der Waals surface area contributed by atoms with Gasteiger partial charge in [-0.05, 0) is 39.0 Å². The molecule has 1 unspecified atom stereocenters. The molecule has 0 aromatic heterocycles. The fraction of sp³-hybridized carbons (Fsp3) is 0.786. The van der Waals surface area contributed by atoms with Gasteiger partial charge in [-0.15, -0.1) is 0 Å². The molecule has 0 radical (unpaired) electrons. The molecule has 0 fully saturated rings. The Balaban J connectivity index is 2.73. The topological polar surface area (TPSA) is 17.1 Å². The summed E-state index contributed by atoms with van der Waals surface area (Å²) in [6, 6.07) is 0. The third kappa shape index (κ3) is 2.93. The molecular formula is C14H24O. The van der Waals surface area contributed by atoms with E-state index in [0.717, 1.165) is 25.7 Å². The first-order chi connectivity index (χ1) is 6.85. The predicted molar refractivity (Wildman–Crippen MR) is 64.8 cm³/mol. The fourth-order valence-electron chi connectivity index (χ4n) is 2.36. The smallest absolute Gasteiger partial charge is 0.139 e. The van der Waals surface area contributed by atoms with Gasteiger partial charge in [0.25, 0.3) is 0 Å². The number of carbonyl (C=O) groups is 1. The minimum absolute atomic E-state index is 0.0755. The summed E-state index contributed by atoms with van der Waals surface area (Å²) in [5, 5.41) is 0. The van der Waals surface area contributed by atoms with E-state index in [2.05, 4.69) is 34.6 Å². The monoisotopic (exact) mass is 208 g/mol. The van der Waals surface area contributed by atoms with E-state index in [0.29, 0.717) is 11.7 Å². The summed E-state index contributed by atoms with van der Waals surface area (Å²) >= 11 is 0. The lowest BCUT2D eigenvalue weighted by molar-refractivity contribution is -0.129. The highest BCUT2D eigenvalue weighted by Crippen LogP contribution is 2.40. The van der Waals surface area contributed by atoms with Crippen molar-refractivity contribution < 1.29 is 4.79 Å². The summed E-state index contributed by atoms with van der Waals surface area (Å²) in [5.74, 6) is 0.950. The average Bonchev–Trinajstić information content (AvgIpc) is 2.11. The quantitative estimate of drug-likeness (QED) is 0.637. The molecule has 15 heavy (non-hydrogen) atoms. The maximum atomic E-state index is 12.2. The second kappa shape index (κ2) is 4.51. The van der Waals surface area contributed by atoms with Gasteiger partial charge in [0.2, 0.25) is 0 Å². The van der Waals surface area contributed by atoms with Crippen LogP contribution in [0.1, 0.15) is 60.3 Å². The van der Waals surface area contributed by atoms with Crippen molar-refractivity contribution in [3.63, 3.8) is 0 Å². The van der Waals surface area contributed by atoms with Crippen LogP contribution in [0.5, 0.6) is 0 Å². The van der Waals surface area contributed by atoms with E-state index in [-0.39, 0.29) is 5.41 Å². The minimum Gasteiger partial charge on any atom is -0.299 e. The first-order valence-electron chi connectivity index (χ1n) is 6.03. The van der Waals surface area contributed by atoms with Gasteiger partial charge in [-0.2, -0.15) is 0 Å². The van der Waals surface area contributed by atoms with E-state index in [9.17, 15) is 4.79 Å². The maximum Gasteiger partial charge on any atom is 0.139 e. The molecule has 1 nitrogen and oxygen atoms in total. The maximum absolute atomic E-state index is 12.2. The molecule has 86 valence electrons. The molecule has 0 heterocycles. The molecule has 0 bridgehead atoms. The van der Waals surface area contributed by atoms with Gasteiger partial charge in [-0.1, -0.05) is 31.9 Å². The van der Waals surface area contributed by atoms with Crippen molar-refractivity contribution >= 4 is 5.78 Å². The van der Waals surface area contributed by atoms with E-state index in [1.165, 1.54) is 11.1 Å². The third-order valence-electron chi connectivity index (χ3n) is 3.70. The summed E-state index contributed by atoms with van der Waals surface area (Å²) in [7, 11) is 0. The van der Waals surface area contributed by atoms with Crippen LogP contribution >= 0.6 is 0 Å². The van der Waals surface area contributed by atoms with Crippen molar-refractivity contribution in [2.45, 2.75) is 60.3 Å². The molecule has 0 aromatic rings. The lowest BCUT2D eigenvalue weighted by atomic mass is 9.69. The van der Waals surface area contributed by atoms with E-state index in [1.807, 2.05) is 0 Å². The standard InChI is InChI=1S/C14H24O/c1-10(2)8-13(15)14(5)7-6-11(3)12(4)9-14/h10H,6-9H2,1-5H3. The lowest BCUT2D eigenvalue weighted by Crippen LogP contribution is -2.31. The Hall–Kier alpha value is -0.590. The molecule has 1 rings (SSSR count). The summed E-state index contributed by atoms with van der Waals surface area (Å²) in [6.07, 6.45) is 3.86. The molecule has 0 spiro atoms. The fourth-order valence-corrected chi connectivity index (χ4v) is 2.36. The zero-order chi connectivity index (χ0) is 11.6. The largest absolute Gasteiger partial charge is 0.299 e. The van der Waals surface area contributed by atoms with E-state index in [4.69, 9.17) is 0 Å². The summed E-state index contributed by atoms with van der Waals surface area (Å²) in [5.41, 5.74) is 2.85. The van der Waals surface area contributed by atoms with Crippen molar-refractivity contribution in [1.82, 2.24) is 0 Å².